The number of hydrogen-bond acceptors (Lipinski definition) is 3. The number of halogens is 1. The minimum absolute atomic E-state index is 0.784. The third-order valence-electron chi connectivity index (χ3n) is 4.73. The van der Waals surface area contributed by atoms with Crippen LogP contribution in [-0.4, -0.2) is 62.9 Å². The average molecular weight is 342 g/mol. The van der Waals surface area contributed by atoms with Crippen molar-refractivity contribution in [2.45, 2.75) is 6.54 Å². The minimum atomic E-state index is 0.784. The summed E-state index contributed by atoms with van der Waals surface area (Å²) in [5.41, 5.74) is 1.32. The maximum Gasteiger partial charge on any atom is 0.161 e. The zero-order valence-corrected chi connectivity index (χ0v) is 13.8. The first kappa shape index (κ1) is 14.2. The molecule has 0 aromatic heterocycles. The predicted molar refractivity (Wildman–Crippen MR) is 82.3 cm³/mol. The number of methoxy groups -OCH3 is 2. The molecule has 0 aliphatic carbocycles. The molecule has 1 aromatic carbocycles. The molecule has 4 nitrogen and oxygen atoms in total. The van der Waals surface area contributed by atoms with Crippen LogP contribution in [0.3, 0.4) is 0 Å². The Kier molecular flexibility index (Phi) is 3.93. The highest BCUT2D eigenvalue weighted by Gasteiger charge is 2.38. The topological polar surface area (TPSA) is 21.7 Å². The van der Waals surface area contributed by atoms with Gasteiger partial charge < -0.3 is 14.0 Å². The molecule has 0 atom stereocenters. The maximum absolute atomic E-state index is 5.44. The van der Waals surface area contributed by atoms with Gasteiger partial charge in [0.1, 0.15) is 6.54 Å². The van der Waals surface area contributed by atoms with Crippen LogP contribution in [-0.2, 0) is 6.54 Å². The molecule has 3 saturated heterocycles. The lowest BCUT2D eigenvalue weighted by molar-refractivity contribution is -0.953. The number of rotatable bonds is 4. The van der Waals surface area contributed by atoms with Gasteiger partial charge >= 0.3 is 0 Å². The molecular weight excluding hydrogens is 320 g/mol. The third-order valence-corrected chi connectivity index (χ3v) is 5.47. The van der Waals surface area contributed by atoms with E-state index in [1.165, 1.54) is 49.3 Å². The van der Waals surface area contributed by atoms with Crippen molar-refractivity contribution in [1.29, 1.82) is 0 Å². The van der Waals surface area contributed by atoms with Gasteiger partial charge in [0.2, 0.25) is 0 Å². The highest BCUT2D eigenvalue weighted by molar-refractivity contribution is 9.10. The van der Waals surface area contributed by atoms with Crippen molar-refractivity contribution < 1.29 is 14.0 Å². The summed E-state index contributed by atoms with van der Waals surface area (Å²) >= 11 is 3.69. The summed E-state index contributed by atoms with van der Waals surface area (Å²) in [5, 5.41) is 0. The number of quaternary nitrogens is 1. The Hall–Kier alpha value is -0.780. The SMILES string of the molecule is COc1cc(Br)c(C[N+]23CCN(CC2)CC3)cc1OC. The van der Waals surface area contributed by atoms with Crippen LogP contribution >= 0.6 is 15.9 Å². The Labute approximate surface area is 129 Å². The molecule has 3 fully saturated rings. The Balaban J connectivity index is 1.86. The second-order valence-corrected chi connectivity index (χ2v) is 6.67. The van der Waals surface area contributed by atoms with Gasteiger partial charge in [0.05, 0.1) is 33.9 Å². The van der Waals surface area contributed by atoms with E-state index in [9.17, 15) is 0 Å². The van der Waals surface area contributed by atoms with Crippen LogP contribution in [0.1, 0.15) is 5.56 Å². The van der Waals surface area contributed by atoms with Crippen LogP contribution < -0.4 is 9.47 Å². The Morgan fingerprint density at radius 3 is 2.15 bits per heavy atom. The summed E-state index contributed by atoms with van der Waals surface area (Å²) in [6.07, 6.45) is 0. The monoisotopic (exact) mass is 341 g/mol. The zero-order chi connectivity index (χ0) is 14.2. The molecule has 0 radical (unpaired) electrons. The number of piperazine rings is 3. The van der Waals surface area contributed by atoms with Crippen molar-refractivity contribution >= 4 is 15.9 Å². The van der Waals surface area contributed by atoms with Crippen molar-refractivity contribution in [3.63, 3.8) is 0 Å². The van der Waals surface area contributed by atoms with Crippen molar-refractivity contribution in [2.75, 3.05) is 53.5 Å². The molecule has 1 aromatic rings. The zero-order valence-electron chi connectivity index (χ0n) is 12.2. The second kappa shape index (κ2) is 5.54. The van der Waals surface area contributed by atoms with Crippen LogP contribution in [0.5, 0.6) is 11.5 Å². The van der Waals surface area contributed by atoms with Crippen LogP contribution in [0.25, 0.3) is 0 Å². The van der Waals surface area contributed by atoms with E-state index in [0.717, 1.165) is 22.5 Å². The Morgan fingerprint density at radius 2 is 1.60 bits per heavy atom. The van der Waals surface area contributed by atoms with E-state index < -0.39 is 0 Å². The highest BCUT2D eigenvalue weighted by atomic mass is 79.9. The summed E-state index contributed by atoms with van der Waals surface area (Å²) < 4.78 is 13.1. The first-order chi connectivity index (χ1) is 9.65. The quantitative estimate of drug-likeness (QED) is 0.783. The van der Waals surface area contributed by atoms with Gasteiger partial charge in [-0.1, -0.05) is 15.9 Å². The van der Waals surface area contributed by atoms with Gasteiger partial charge in [0.25, 0.3) is 0 Å². The fraction of sp³-hybridized carbons (Fsp3) is 0.600. The summed E-state index contributed by atoms with van der Waals surface area (Å²) in [7, 11) is 3.37. The Bertz CT molecular complexity index is 485. The van der Waals surface area contributed by atoms with Crippen molar-refractivity contribution in [1.82, 2.24) is 4.90 Å². The molecule has 5 heteroatoms. The standard InChI is InChI=1S/C15H22BrN2O2/c1-19-14-9-12(13(16)10-15(14)20-2)11-18-6-3-17(4-7-18)5-8-18/h9-10H,3-8,11H2,1-2H3/q+1. The fourth-order valence-electron chi connectivity index (χ4n) is 3.35. The lowest BCUT2D eigenvalue weighted by atomic mass is 10.1. The first-order valence-electron chi connectivity index (χ1n) is 7.14. The third kappa shape index (κ3) is 2.54. The summed E-state index contributed by atoms with van der Waals surface area (Å²) in [4.78, 5) is 2.57. The molecule has 0 N–H and O–H groups in total. The molecule has 3 aliphatic rings. The molecule has 20 heavy (non-hydrogen) atoms. The number of benzene rings is 1. The largest absolute Gasteiger partial charge is 0.493 e. The maximum atomic E-state index is 5.44. The highest BCUT2D eigenvalue weighted by Crippen LogP contribution is 2.35. The van der Waals surface area contributed by atoms with Crippen LogP contribution in [0.2, 0.25) is 0 Å². The van der Waals surface area contributed by atoms with E-state index in [1.807, 2.05) is 6.07 Å². The molecule has 3 heterocycles. The first-order valence-corrected chi connectivity index (χ1v) is 7.93. The molecular formula is C15H22BrN2O2+. The number of hydrogen-bond donors (Lipinski definition) is 0. The normalized spacial score (nSPS) is 28.4. The molecule has 0 spiro atoms. The van der Waals surface area contributed by atoms with E-state index in [-0.39, 0.29) is 0 Å². The van der Waals surface area contributed by atoms with E-state index in [2.05, 4.69) is 26.9 Å². The number of nitrogens with zero attached hydrogens (tertiary/aromatic N) is 2. The van der Waals surface area contributed by atoms with E-state index in [1.54, 1.807) is 14.2 Å². The van der Waals surface area contributed by atoms with Crippen LogP contribution in [0, 0.1) is 0 Å². The molecule has 110 valence electrons. The van der Waals surface area contributed by atoms with Gasteiger partial charge in [0, 0.05) is 29.7 Å². The van der Waals surface area contributed by atoms with Gasteiger partial charge in [-0.15, -0.1) is 0 Å². The molecule has 0 amide bonds. The smallest absolute Gasteiger partial charge is 0.161 e. The van der Waals surface area contributed by atoms with E-state index in [0.29, 0.717) is 0 Å². The minimum Gasteiger partial charge on any atom is -0.493 e. The molecule has 2 bridgehead atoms. The van der Waals surface area contributed by atoms with Crippen molar-refractivity contribution in [2.24, 2.45) is 0 Å². The summed E-state index contributed by atoms with van der Waals surface area (Å²) in [6.45, 7) is 8.60. The van der Waals surface area contributed by atoms with E-state index >= 15 is 0 Å². The van der Waals surface area contributed by atoms with E-state index in [4.69, 9.17) is 9.47 Å². The molecule has 0 saturated carbocycles. The summed E-state index contributed by atoms with van der Waals surface area (Å²) in [6, 6.07) is 4.14. The van der Waals surface area contributed by atoms with Gasteiger partial charge in [-0.05, 0) is 12.1 Å². The van der Waals surface area contributed by atoms with Crippen LogP contribution in [0.15, 0.2) is 16.6 Å². The lowest BCUT2D eigenvalue weighted by Gasteiger charge is -2.50. The Morgan fingerprint density at radius 1 is 1.05 bits per heavy atom. The van der Waals surface area contributed by atoms with Crippen molar-refractivity contribution in [3.05, 3.63) is 22.2 Å². The lowest BCUT2D eigenvalue weighted by Crippen LogP contribution is -2.66. The molecule has 0 unspecified atom stereocenters. The molecule has 3 aliphatic heterocycles. The van der Waals surface area contributed by atoms with Crippen molar-refractivity contribution in [3.8, 4) is 11.5 Å². The number of fused-ring (bicyclic) bond motifs is 3. The molecule has 4 rings (SSSR count). The number of ether oxygens (including phenoxy) is 2. The van der Waals surface area contributed by atoms with Gasteiger partial charge in [-0.2, -0.15) is 0 Å². The second-order valence-electron chi connectivity index (χ2n) is 5.81. The van der Waals surface area contributed by atoms with Gasteiger partial charge in [0.15, 0.2) is 11.5 Å². The predicted octanol–water partition coefficient (Wildman–Crippen LogP) is 2.11. The average Bonchev–Trinajstić information content (AvgIpc) is 2.50. The van der Waals surface area contributed by atoms with Gasteiger partial charge in [-0.3, -0.25) is 4.90 Å². The summed E-state index contributed by atoms with van der Waals surface area (Å²) in [5.74, 6) is 1.60. The van der Waals surface area contributed by atoms with Crippen LogP contribution in [0.4, 0.5) is 0 Å². The van der Waals surface area contributed by atoms with Gasteiger partial charge in [-0.25, -0.2) is 0 Å². The fourth-order valence-corrected chi connectivity index (χ4v) is 3.80.